The first-order valence-electron chi connectivity index (χ1n) is 13.9. The van der Waals surface area contributed by atoms with E-state index >= 15 is 0 Å². The first-order chi connectivity index (χ1) is 17.6. The maximum Gasteiger partial charge on any atom is 0.327 e. The highest BCUT2D eigenvalue weighted by Gasteiger charge is 2.35. The molecule has 11 heteroatoms. The van der Waals surface area contributed by atoms with Crippen LogP contribution in [0, 0.1) is 0 Å². The Bertz CT molecular complexity index is 728. The lowest BCUT2D eigenvalue weighted by Crippen LogP contribution is -2.38. The van der Waals surface area contributed by atoms with Crippen LogP contribution in [0.15, 0.2) is 0 Å². The number of carboxylic acid groups (broad SMARTS) is 1. The minimum absolute atomic E-state index is 0.0337. The lowest BCUT2D eigenvalue weighted by molar-refractivity contribution is -0.148. The molecule has 0 saturated carbocycles. The zero-order chi connectivity index (χ0) is 27.9. The van der Waals surface area contributed by atoms with Gasteiger partial charge in [0.15, 0.2) is 5.25 Å². The molecule has 0 spiro atoms. The van der Waals surface area contributed by atoms with E-state index in [1.807, 2.05) is 0 Å². The van der Waals surface area contributed by atoms with Crippen molar-refractivity contribution < 1.29 is 42.3 Å². The second-order valence-corrected chi connectivity index (χ2v) is 11.2. The lowest BCUT2D eigenvalue weighted by Gasteiger charge is -2.22. The van der Waals surface area contributed by atoms with Crippen molar-refractivity contribution in [3.05, 3.63) is 0 Å². The number of rotatable bonds is 25. The molecule has 37 heavy (non-hydrogen) atoms. The predicted molar refractivity (Wildman–Crippen MR) is 142 cm³/mol. The number of aliphatic carboxylic acids is 1. The smallest absolute Gasteiger partial charge is 0.327 e. The molecule has 1 unspecified atom stereocenters. The molecule has 10 nitrogen and oxygen atoms in total. The van der Waals surface area contributed by atoms with Crippen LogP contribution in [-0.4, -0.2) is 77.5 Å². The molecule has 218 valence electrons. The van der Waals surface area contributed by atoms with E-state index in [0.29, 0.717) is 12.8 Å². The van der Waals surface area contributed by atoms with Crippen molar-refractivity contribution in [1.29, 1.82) is 0 Å². The molecule has 0 bridgehead atoms. The van der Waals surface area contributed by atoms with E-state index in [1.54, 1.807) is 0 Å². The van der Waals surface area contributed by atoms with E-state index in [-0.39, 0.29) is 32.2 Å². The molecule has 0 rings (SSSR count). The van der Waals surface area contributed by atoms with Gasteiger partial charge in [-0.2, -0.15) is 8.42 Å². The molecule has 0 aromatic heterocycles. The molecule has 0 radical (unpaired) electrons. The van der Waals surface area contributed by atoms with E-state index < -0.39 is 33.7 Å². The molecule has 0 fully saturated rings. The number of carbonyl (C=O) groups is 3. The number of amides is 1. The zero-order valence-electron chi connectivity index (χ0n) is 22.6. The van der Waals surface area contributed by atoms with E-state index in [0.717, 1.165) is 19.3 Å². The Morgan fingerprint density at radius 3 is 1.65 bits per heavy atom. The number of ether oxygens (including phenoxy) is 1. The van der Waals surface area contributed by atoms with Gasteiger partial charge in [-0.05, 0) is 6.42 Å². The maximum absolute atomic E-state index is 12.4. The highest BCUT2D eigenvalue weighted by atomic mass is 32.2. The van der Waals surface area contributed by atoms with Crippen molar-refractivity contribution in [3.8, 4) is 0 Å². The van der Waals surface area contributed by atoms with Crippen LogP contribution >= 0.6 is 0 Å². The molecule has 1 atom stereocenters. The lowest BCUT2D eigenvalue weighted by atomic mass is 10.0. The van der Waals surface area contributed by atoms with Gasteiger partial charge in [0, 0.05) is 13.0 Å². The first kappa shape index (κ1) is 35.3. The molecular weight excluding hydrogens is 502 g/mol. The molecule has 0 heterocycles. The number of hydrogen-bond donors (Lipinski definition) is 3. The highest BCUT2D eigenvalue weighted by molar-refractivity contribution is 7.87. The van der Waals surface area contributed by atoms with Gasteiger partial charge in [0.1, 0.15) is 6.61 Å². The summed E-state index contributed by atoms with van der Waals surface area (Å²) in [4.78, 5) is 36.4. The van der Waals surface area contributed by atoms with Gasteiger partial charge >= 0.3 is 11.9 Å². The van der Waals surface area contributed by atoms with Crippen LogP contribution in [0.2, 0.25) is 0 Å². The summed E-state index contributed by atoms with van der Waals surface area (Å²) >= 11 is 0. The largest absolute Gasteiger partial charge is 0.481 e. The first-order valence-corrected chi connectivity index (χ1v) is 15.4. The Hall–Kier alpha value is -1.72. The molecule has 0 aliphatic heterocycles. The quantitative estimate of drug-likeness (QED) is 0.0852. The van der Waals surface area contributed by atoms with Crippen molar-refractivity contribution in [2.45, 2.75) is 121 Å². The van der Waals surface area contributed by atoms with Crippen LogP contribution in [0.4, 0.5) is 0 Å². The van der Waals surface area contributed by atoms with E-state index in [1.165, 1.54) is 75.5 Å². The third kappa shape index (κ3) is 20.0. The Morgan fingerprint density at radius 1 is 0.784 bits per heavy atom. The summed E-state index contributed by atoms with van der Waals surface area (Å²) < 4.78 is 36.3. The van der Waals surface area contributed by atoms with E-state index in [4.69, 9.17) is 14.4 Å². The van der Waals surface area contributed by atoms with Crippen molar-refractivity contribution in [1.82, 2.24) is 4.90 Å². The fourth-order valence-corrected chi connectivity index (χ4v) is 4.77. The third-order valence-electron chi connectivity index (χ3n) is 6.30. The van der Waals surface area contributed by atoms with Crippen LogP contribution in [0.3, 0.4) is 0 Å². The summed E-state index contributed by atoms with van der Waals surface area (Å²) in [5.74, 6) is -3.19. The standard InChI is InChI=1S/C26H49NO9S/c1-2-3-4-5-6-7-8-9-10-11-12-13-14-15-16-17-24(29)27(18-20-28)19-21-36-26(32)23(22-25(30)31)37(33,34)35/h23,28H,2-22H2,1H3,(H,30,31)(H,33,34,35). The average molecular weight is 552 g/mol. The van der Waals surface area contributed by atoms with Crippen molar-refractivity contribution in [3.63, 3.8) is 0 Å². The van der Waals surface area contributed by atoms with Gasteiger partial charge in [-0.25, -0.2) is 0 Å². The molecule has 1 amide bonds. The summed E-state index contributed by atoms with van der Waals surface area (Å²) in [6.45, 7) is 1.53. The minimum atomic E-state index is -4.95. The average Bonchev–Trinajstić information content (AvgIpc) is 2.83. The number of aliphatic hydroxyl groups is 1. The summed E-state index contributed by atoms with van der Waals surface area (Å²) in [6.07, 6.45) is 17.5. The maximum atomic E-state index is 12.4. The second-order valence-electron chi connectivity index (χ2n) is 9.57. The van der Waals surface area contributed by atoms with E-state index in [2.05, 4.69) is 6.92 Å². The Morgan fingerprint density at radius 2 is 1.24 bits per heavy atom. The molecule has 3 N–H and O–H groups in total. The topological polar surface area (TPSA) is 159 Å². The number of esters is 1. The van der Waals surface area contributed by atoms with Crippen LogP contribution in [0.1, 0.15) is 116 Å². The van der Waals surface area contributed by atoms with Gasteiger partial charge in [-0.15, -0.1) is 0 Å². The number of carbonyl (C=O) groups excluding carboxylic acids is 2. The summed E-state index contributed by atoms with van der Waals surface area (Å²) in [6, 6.07) is 0. The van der Waals surface area contributed by atoms with Gasteiger partial charge < -0.3 is 19.8 Å². The molecular formula is C26H49NO9S. The summed E-state index contributed by atoms with van der Waals surface area (Å²) in [5, 5.41) is 15.7. The normalized spacial score (nSPS) is 12.3. The van der Waals surface area contributed by atoms with Crippen LogP contribution in [0.5, 0.6) is 0 Å². The van der Waals surface area contributed by atoms with Crippen molar-refractivity contribution in [2.75, 3.05) is 26.3 Å². The Kier molecular flexibility index (Phi) is 21.2. The van der Waals surface area contributed by atoms with Gasteiger partial charge in [-0.1, -0.05) is 96.8 Å². The fraction of sp³-hybridized carbons (Fsp3) is 0.885. The molecule has 0 aromatic rings. The SMILES string of the molecule is CCCCCCCCCCCCCCCCCC(=O)N(CCO)CCOC(=O)C(CC(=O)O)S(=O)(=O)O. The predicted octanol–water partition coefficient (Wildman–Crippen LogP) is 4.34. The Balaban J connectivity index is 3.99. The Labute approximate surface area is 222 Å². The number of hydrogen-bond acceptors (Lipinski definition) is 7. The molecule has 0 aliphatic rings. The molecule has 0 aliphatic carbocycles. The van der Waals surface area contributed by atoms with Gasteiger partial charge in [0.25, 0.3) is 10.1 Å². The number of aliphatic hydroxyl groups excluding tert-OH is 1. The summed E-state index contributed by atoms with van der Waals surface area (Å²) in [5.41, 5.74) is 0. The van der Waals surface area contributed by atoms with E-state index in [9.17, 15) is 27.9 Å². The monoisotopic (exact) mass is 551 g/mol. The number of carboxylic acids is 1. The van der Waals surface area contributed by atoms with Crippen molar-refractivity contribution >= 4 is 28.0 Å². The molecule has 0 aromatic carbocycles. The van der Waals surface area contributed by atoms with Crippen LogP contribution in [-0.2, 0) is 29.2 Å². The summed E-state index contributed by atoms with van der Waals surface area (Å²) in [7, 11) is -4.95. The zero-order valence-corrected chi connectivity index (χ0v) is 23.4. The molecule has 0 saturated heterocycles. The third-order valence-corrected chi connectivity index (χ3v) is 7.38. The van der Waals surface area contributed by atoms with Crippen molar-refractivity contribution in [2.24, 2.45) is 0 Å². The van der Waals surface area contributed by atoms with Gasteiger partial charge in [-0.3, -0.25) is 18.9 Å². The van der Waals surface area contributed by atoms with Gasteiger partial charge in [0.05, 0.1) is 19.6 Å². The van der Waals surface area contributed by atoms with Gasteiger partial charge in [0.2, 0.25) is 5.91 Å². The number of nitrogens with zero attached hydrogens (tertiary/aromatic N) is 1. The minimum Gasteiger partial charge on any atom is -0.481 e. The second kappa shape index (κ2) is 22.3. The van der Waals surface area contributed by atoms with Crippen LogP contribution < -0.4 is 0 Å². The fourth-order valence-electron chi connectivity index (χ4n) is 4.11. The highest BCUT2D eigenvalue weighted by Crippen LogP contribution is 2.14. The van der Waals surface area contributed by atoms with Crippen LogP contribution in [0.25, 0.3) is 0 Å². The number of unbranched alkanes of at least 4 members (excludes halogenated alkanes) is 14.